The second-order valence-corrected chi connectivity index (χ2v) is 7.28. The lowest BCUT2D eigenvalue weighted by molar-refractivity contribution is 0.162. The van der Waals surface area contributed by atoms with Crippen LogP contribution in [0.2, 0.25) is 0 Å². The highest BCUT2D eigenvalue weighted by Crippen LogP contribution is 2.25. The number of hydrogen-bond acceptors (Lipinski definition) is 5. The lowest BCUT2D eigenvalue weighted by Gasteiger charge is -2.33. The van der Waals surface area contributed by atoms with Crippen LogP contribution in [-0.4, -0.2) is 69.4 Å². The van der Waals surface area contributed by atoms with Crippen molar-refractivity contribution in [2.24, 2.45) is 0 Å². The zero-order valence-corrected chi connectivity index (χ0v) is 14.7. The number of carbonyl (C=O) groups is 1. The summed E-state index contributed by atoms with van der Waals surface area (Å²) < 4.78 is 35.3. The molecule has 1 N–H and O–H groups in total. The number of rotatable bonds is 6. The van der Waals surface area contributed by atoms with E-state index in [9.17, 15) is 13.2 Å². The van der Waals surface area contributed by atoms with E-state index >= 15 is 0 Å². The molecule has 8 nitrogen and oxygen atoms in total. The second-order valence-electron chi connectivity index (χ2n) is 5.30. The molecule has 134 valence electrons. The molecule has 2 rings (SSSR count). The summed E-state index contributed by atoms with van der Waals surface area (Å²) in [5, 5.41) is 2.67. The van der Waals surface area contributed by atoms with Gasteiger partial charge in [-0.1, -0.05) is 12.1 Å². The summed E-state index contributed by atoms with van der Waals surface area (Å²) in [6.07, 6.45) is 1.17. The minimum Gasteiger partial charge on any atom is -0.490 e. The van der Waals surface area contributed by atoms with Crippen LogP contribution in [-0.2, 0) is 10.0 Å². The van der Waals surface area contributed by atoms with Crippen molar-refractivity contribution in [1.82, 2.24) is 14.5 Å². The van der Waals surface area contributed by atoms with Crippen molar-refractivity contribution in [1.29, 1.82) is 0 Å². The number of sulfonamides is 1. The predicted molar refractivity (Wildman–Crippen MR) is 89.6 cm³/mol. The highest BCUT2D eigenvalue weighted by molar-refractivity contribution is 7.88. The number of amides is 2. The third-order valence-corrected chi connectivity index (χ3v) is 4.90. The minimum absolute atomic E-state index is 0.00914. The maximum Gasteiger partial charge on any atom is 0.320 e. The van der Waals surface area contributed by atoms with E-state index in [1.54, 1.807) is 17.0 Å². The summed E-state index contributed by atoms with van der Waals surface area (Å²) in [6.45, 7) is 3.74. The molecule has 0 spiro atoms. The largest absolute Gasteiger partial charge is 0.490 e. The fourth-order valence-electron chi connectivity index (χ4n) is 2.35. The Labute approximate surface area is 142 Å². The van der Waals surface area contributed by atoms with Crippen LogP contribution < -0.4 is 14.8 Å². The van der Waals surface area contributed by atoms with Gasteiger partial charge in [0.15, 0.2) is 18.2 Å². The standard InChI is InChI=1S/C15H23N3O5S/c1-3-22-13-6-4-5-7-14(13)23-12-16-15(19)17-8-10-18(11-9-17)24(2,20)21/h4-7H,3,8-12H2,1-2H3,(H,16,19). The van der Waals surface area contributed by atoms with Crippen LogP contribution in [0.25, 0.3) is 0 Å². The summed E-state index contributed by atoms with van der Waals surface area (Å²) >= 11 is 0. The number of piperazine rings is 1. The molecule has 1 heterocycles. The van der Waals surface area contributed by atoms with E-state index in [1.165, 1.54) is 10.6 Å². The van der Waals surface area contributed by atoms with Crippen molar-refractivity contribution in [2.75, 3.05) is 45.8 Å². The summed E-state index contributed by atoms with van der Waals surface area (Å²) in [4.78, 5) is 13.7. The van der Waals surface area contributed by atoms with Crippen molar-refractivity contribution in [2.45, 2.75) is 6.92 Å². The molecule has 0 radical (unpaired) electrons. The lowest BCUT2D eigenvalue weighted by Crippen LogP contribution is -2.53. The molecule has 1 aliphatic heterocycles. The topological polar surface area (TPSA) is 88.2 Å². The average molecular weight is 357 g/mol. The first kappa shape index (κ1) is 18.3. The van der Waals surface area contributed by atoms with Gasteiger partial charge in [-0.3, -0.25) is 0 Å². The number of urea groups is 1. The van der Waals surface area contributed by atoms with E-state index < -0.39 is 10.0 Å². The number of benzene rings is 1. The van der Waals surface area contributed by atoms with E-state index in [2.05, 4.69) is 5.32 Å². The van der Waals surface area contributed by atoms with Gasteiger partial charge < -0.3 is 19.7 Å². The van der Waals surface area contributed by atoms with E-state index in [0.29, 0.717) is 44.3 Å². The van der Waals surface area contributed by atoms with Gasteiger partial charge in [-0.2, -0.15) is 4.31 Å². The maximum atomic E-state index is 12.1. The number of nitrogens with zero attached hydrogens (tertiary/aromatic N) is 2. The molecule has 0 aromatic heterocycles. The molecule has 24 heavy (non-hydrogen) atoms. The first-order chi connectivity index (χ1) is 11.4. The van der Waals surface area contributed by atoms with Gasteiger partial charge in [0.2, 0.25) is 10.0 Å². The van der Waals surface area contributed by atoms with Gasteiger partial charge >= 0.3 is 6.03 Å². The average Bonchev–Trinajstić information content (AvgIpc) is 2.56. The number of para-hydroxylation sites is 2. The van der Waals surface area contributed by atoms with Crippen LogP contribution in [0.3, 0.4) is 0 Å². The Hall–Kier alpha value is -2.00. The molecule has 9 heteroatoms. The Bertz CT molecular complexity index is 657. The summed E-state index contributed by atoms with van der Waals surface area (Å²) in [7, 11) is -3.20. The molecule has 0 atom stereocenters. The molecule has 0 saturated carbocycles. The Kier molecular flexibility index (Phi) is 6.27. The normalized spacial score (nSPS) is 15.8. The van der Waals surface area contributed by atoms with Crippen LogP contribution in [0, 0.1) is 0 Å². The van der Waals surface area contributed by atoms with Crippen LogP contribution in [0.1, 0.15) is 6.92 Å². The van der Waals surface area contributed by atoms with E-state index in [-0.39, 0.29) is 12.8 Å². The summed E-state index contributed by atoms with van der Waals surface area (Å²) in [5.41, 5.74) is 0. The van der Waals surface area contributed by atoms with E-state index in [1.807, 2.05) is 19.1 Å². The maximum absolute atomic E-state index is 12.1. The number of hydrogen-bond donors (Lipinski definition) is 1. The third-order valence-electron chi connectivity index (χ3n) is 3.59. The molecule has 1 aromatic rings. The van der Waals surface area contributed by atoms with Crippen molar-refractivity contribution in [3.63, 3.8) is 0 Å². The van der Waals surface area contributed by atoms with Crippen LogP contribution in [0.5, 0.6) is 11.5 Å². The Balaban J connectivity index is 1.78. The third kappa shape index (κ3) is 5.00. The highest BCUT2D eigenvalue weighted by atomic mass is 32.2. The van der Waals surface area contributed by atoms with Crippen molar-refractivity contribution >= 4 is 16.1 Å². The van der Waals surface area contributed by atoms with Gasteiger partial charge in [0.25, 0.3) is 0 Å². The zero-order chi connectivity index (χ0) is 17.6. The van der Waals surface area contributed by atoms with Gasteiger partial charge in [-0.25, -0.2) is 13.2 Å². The minimum atomic E-state index is -3.20. The Morgan fingerprint density at radius 1 is 1.12 bits per heavy atom. The predicted octanol–water partition coefficient (Wildman–Crippen LogP) is 0.708. The van der Waals surface area contributed by atoms with Crippen molar-refractivity contribution < 1.29 is 22.7 Å². The van der Waals surface area contributed by atoms with Gasteiger partial charge in [0.1, 0.15) is 0 Å². The Morgan fingerprint density at radius 3 is 2.25 bits per heavy atom. The van der Waals surface area contributed by atoms with E-state index in [4.69, 9.17) is 9.47 Å². The molecule has 0 aliphatic carbocycles. The quantitative estimate of drug-likeness (QED) is 0.758. The molecular formula is C15H23N3O5S. The number of ether oxygens (including phenoxy) is 2. The molecular weight excluding hydrogens is 334 g/mol. The van der Waals surface area contributed by atoms with Crippen LogP contribution in [0.15, 0.2) is 24.3 Å². The fourth-order valence-corrected chi connectivity index (χ4v) is 3.18. The van der Waals surface area contributed by atoms with Gasteiger partial charge in [-0.05, 0) is 19.1 Å². The van der Waals surface area contributed by atoms with Gasteiger partial charge in [0, 0.05) is 26.2 Å². The first-order valence-corrected chi connectivity index (χ1v) is 9.59. The van der Waals surface area contributed by atoms with E-state index in [0.717, 1.165) is 0 Å². The highest BCUT2D eigenvalue weighted by Gasteiger charge is 2.25. The summed E-state index contributed by atoms with van der Waals surface area (Å²) in [5.74, 6) is 1.18. The number of carbonyl (C=O) groups excluding carboxylic acids is 1. The molecule has 1 fully saturated rings. The van der Waals surface area contributed by atoms with Crippen molar-refractivity contribution in [3.05, 3.63) is 24.3 Å². The smallest absolute Gasteiger partial charge is 0.320 e. The fraction of sp³-hybridized carbons (Fsp3) is 0.533. The monoisotopic (exact) mass is 357 g/mol. The molecule has 1 aliphatic rings. The summed E-state index contributed by atoms with van der Waals surface area (Å²) in [6, 6.07) is 6.95. The first-order valence-electron chi connectivity index (χ1n) is 7.74. The van der Waals surface area contributed by atoms with Gasteiger partial charge in [-0.15, -0.1) is 0 Å². The second kappa shape index (κ2) is 8.20. The zero-order valence-electron chi connectivity index (χ0n) is 13.9. The molecule has 1 saturated heterocycles. The SMILES string of the molecule is CCOc1ccccc1OCNC(=O)N1CCN(S(C)(=O)=O)CC1. The number of nitrogens with one attached hydrogen (secondary N) is 1. The lowest BCUT2D eigenvalue weighted by atomic mass is 10.3. The molecule has 0 bridgehead atoms. The van der Waals surface area contributed by atoms with Crippen LogP contribution >= 0.6 is 0 Å². The molecule has 1 aromatic carbocycles. The van der Waals surface area contributed by atoms with Gasteiger partial charge in [0.05, 0.1) is 12.9 Å². The Morgan fingerprint density at radius 2 is 1.71 bits per heavy atom. The molecule has 2 amide bonds. The van der Waals surface area contributed by atoms with Crippen LogP contribution in [0.4, 0.5) is 4.79 Å². The van der Waals surface area contributed by atoms with Crippen molar-refractivity contribution in [3.8, 4) is 11.5 Å². The molecule has 0 unspecified atom stereocenters.